The summed E-state index contributed by atoms with van der Waals surface area (Å²) < 4.78 is 164. The van der Waals surface area contributed by atoms with Gasteiger partial charge < -0.3 is 13.9 Å². The van der Waals surface area contributed by atoms with Gasteiger partial charge in [0.25, 0.3) is 0 Å². The number of aromatic nitrogens is 1. The monoisotopic (exact) mass is 795 g/mol. The van der Waals surface area contributed by atoms with Crippen molar-refractivity contribution < 1.29 is 27.7 Å². The molecule has 0 unspecified atom stereocenters. The zero-order valence-electron chi connectivity index (χ0n) is 48.9. The normalized spacial score (nSPS) is 15.5. The summed E-state index contributed by atoms with van der Waals surface area (Å²) in [5.74, 6) is 0. The molecule has 12 aromatic rings. The first-order valence-corrected chi connectivity index (χ1v) is 19.5. The smallest absolute Gasteiger partial charge is 0.143 e. The van der Waals surface area contributed by atoms with Gasteiger partial charge in [-0.1, -0.05) is 157 Å². The maximum absolute atomic E-state index is 10.2. The Hall–Kier alpha value is -8.14. The Bertz CT molecular complexity index is 4520. The van der Waals surface area contributed by atoms with Gasteiger partial charge in [-0.2, -0.15) is 0 Å². The number of furan rings is 1. The number of hydrogen-bond donors (Lipinski definition) is 0. The fourth-order valence-electron chi connectivity index (χ4n) is 8.13. The molecule has 0 aliphatic carbocycles. The van der Waals surface area contributed by atoms with Crippen LogP contribution in [0.2, 0.25) is 0 Å². The average Bonchev–Trinajstić information content (AvgIpc) is 3.99. The Kier molecular flexibility index (Phi) is 5.10. The minimum Gasteiger partial charge on any atom is -0.455 e. The fraction of sp³-hybridized carbons (Fsp3) is 0. The van der Waals surface area contributed by atoms with Crippen molar-refractivity contribution in [1.82, 2.24) is 4.57 Å². The van der Waals surface area contributed by atoms with Crippen molar-refractivity contribution >= 4 is 71.6 Å². The molecule has 3 heteroatoms. The molecule has 0 bridgehead atoms. The summed E-state index contributed by atoms with van der Waals surface area (Å²) in [5, 5.41) is 4.14. The Morgan fingerprint density at radius 2 is 1.10 bits per heavy atom. The molecule has 286 valence electrons. The van der Waals surface area contributed by atoms with Crippen LogP contribution in [-0.4, -0.2) is 4.57 Å². The van der Waals surface area contributed by atoms with Crippen molar-refractivity contribution in [1.29, 1.82) is 0 Å². The molecular weight excluding hydrogens is 741 g/mol. The number of rotatable bonds is 7. The first-order valence-electron chi connectivity index (χ1n) is 28.0. The molecule has 0 spiro atoms. The average molecular weight is 796 g/mol. The molecule has 61 heavy (non-hydrogen) atoms. The second kappa shape index (κ2) is 14.3. The van der Waals surface area contributed by atoms with Crippen LogP contribution in [0.1, 0.15) is 23.3 Å². The van der Waals surface area contributed by atoms with Gasteiger partial charge in [0.15, 0.2) is 0 Å². The highest BCUT2D eigenvalue weighted by Gasteiger charge is 2.21. The second-order valence-corrected chi connectivity index (χ2v) is 14.4. The third-order valence-electron chi connectivity index (χ3n) is 10.9. The zero-order valence-corrected chi connectivity index (χ0v) is 31.9. The quantitative estimate of drug-likeness (QED) is 0.160. The Labute approximate surface area is 377 Å². The molecule has 12 rings (SSSR count). The van der Waals surface area contributed by atoms with E-state index in [0.717, 1.165) is 38.3 Å². The van der Waals surface area contributed by atoms with E-state index in [4.69, 9.17) is 14.0 Å². The highest BCUT2D eigenvalue weighted by molar-refractivity contribution is 6.19. The summed E-state index contributed by atoms with van der Waals surface area (Å²) in [6.45, 7) is 0. The molecule has 3 nitrogen and oxygen atoms in total. The minimum absolute atomic E-state index is 0.0700. The van der Waals surface area contributed by atoms with Crippen molar-refractivity contribution in [3.63, 3.8) is 0 Å². The third kappa shape index (κ3) is 5.90. The molecule has 0 saturated heterocycles. The van der Waals surface area contributed by atoms with Gasteiger partial charge >= 0.3 is 0 Å². The molecule has 0 fully saturated rings. The predicted molar refractivity (Wildman–Crippen MR) is 257 cm³/mol. The molecule has 0 aliphatic heterocycles. The van der Waals surface area contributed by atoms with E-state index in [-0.39, 0.29) is 16.9 Å². The van der Waals surface area contributed by atoms with Crippen LogP contribution in [0.5, 0.6) is 0 Å². The lowest BCUT2D eigenvalue weighted by molar-refractivity contribution is 0.672. The first-order chi connectivity index (χ1) is 37.3. The van der Waals surface area contributed by atoms with E-state index < -0.39 is 131 Å². The summed E-state index contributed by atoms with van der Waals surface area (Å²) >= 11 is 0. The maximum Gasteiger partial charge on any atom is 0.143 e. The van der Waals surface area contributed by atoms with Crippen LogP contribution in [0.15, 0.2) is 235 Å². The Morgan fingerprint density at radius 3 is 1.90 bits per heavy atom. The van der Waals surface area contributed by atoms with Crippen molar-refractivity contribution in [3.8, 4) is 39.1 Å². The van der Waals surface area contributed by atoms with Gasteiger partial charge in [-0.05, 0) is 111 Å². The summed E-state index contributed by atoms with van der Waals surface area (Å²) in [5.41, 5.74) is 0.241. The van der Waals surface area contributed by atoms with Crippen molar-refractivity contribution in [2.45, 2.75) is 0 Å². The second-order valence-electron chi connectivity index (χ2n) is 14.4. The lowest BCUT2D eigenvalue weighted by Crippen LogP contribution is -2.10. The molecule has 10 aromatic carbocycles. The molecule has 0 atom stereocenters. The van der Waals surface area contributed by atoms with Crippen molar-refractivity contribution in [2.75, 3.05) is 4.90 Å². The van der Waals surface area contributed by atoms with Gasteiger partial charge in [-0.25, -0.2) is 0 Å². The molecule has 0 N–H and O–H groups in total. The first kappa shape index (κ1) is 21.7. The number of anilines is 3. The van der Waals surface area contributed by atoms with Crippen LogP contribution in [0.4, 0.5) is 17.1 Å². The van der Waals surface area contributed by atoms with Gasteiger partial charge in [-0.3, -0.25) is 0 Å². The van der Waals surface area contributed by atoms with Crippen molar-refractivity contribution in [3.05, 3.63) is 230 Å². The minimum atomic E-state index is -0.884. The van der Waals surface area contributed by atoms with Gasteiger partial charge in [0, 0.05) is 38.6 Å². The van der Waals surface area contributed by atoms with E-state index in [2.05, 4.69) is 4.57 Å². The molecule has 0 radical (unpaired) electrons. The van der Waals surface area contributed by atoms with E-state index >= 15 is 0 Å². The number of hydrogen-bond acceptors (Lipinski definition) is 2. The molecule has 2 heterocycles. The maximum atomic E-state index is 10.2. The van der Waals surface area contributed by atoms with Crippen molar-refractivity contribution in [2.24, 2.45) is 0 Å². The SMILES string of the molecule is [2H]c1c([2H])c([2H])c(-c2c([2H])c([2H])c(-c3c([2H])c([2H])c(N(c4c([2H])c([2H])c([2H])c(-c5ccc6c(c5)c5ccccc5n6-c5ccccc5)c4[2H])c4cccc5oc6c7ccccc7ccc6c45)c([2H])c3[2H])c([2H])c2[2H])c([2H])c1[2H]. The molecular formula is C58H38N2O. The summed E-state index contributed by atoms with van der Waals surface area (Å²) in [7, 11) is 0. The van der Waals surface area contributed by atoms with E-state index in [9.17, 15) is 13.7 Å². The number of benzene rings is 10. The van der Waals surface area contributed by atoms with Crippen LogP contribution in [0.3, 0.4) is 0 Å². The van der Waals surface area contributed by atoms with E-state index in [1.165, 1.54) is 4.90 Å². The summed E-state index contributed by atoms with van der Waals surface area (Å²) in [6.07, 6.45) is 0. The topological polar surface area (TPSA) is 21.3 Å². The van der Waals surface area contributed by atoms with E-state index in [1.54, 1.807) is 24.3 Å². The highest BCUT2D eigenvalue weighted by Crippen LogP contribution is 2.45. The van der Waals surface area contributed by atoms with Crippen LogP contribution in [0, 0.1) is 0 Å². The standard InChI is InChI=1S/C58H38N2O/c1-3-13-39(14-4-1)40-25-27-41(28-26-40)42-29-33-47(34-30-42)59(55-23-12-24-56-57(55)51-35-31-43-15-7-8-20-49(43)58(51)61-56)48-19-11-16-44(37-48)45-32-36-54-52(38-45)50-21-9-10-22-53(50)60(54)46-17-5-2-6-18-46/h1-38H/i1D,3D,4D,11D,13D,14D,16D,19D,25D,26D,27D,28D,29D,30D,33D,34D,37D. The molecule has 2 aromatic heterocycles. The van der Waals surface area contributed by atoms with Gasteiger partial charge in [0.2, 0.25) is 0 Å². The third-order valence-corrected chi connectivity index (χ3v) is 10.9. The zero-order chi connectivity index (χ0) is 55.1. The van der Waals surface area contributed by atoms with Crippen LogP contribution >= 0.6 is 0 Å². The van der Waals surface area contributed by atoms with E-state index in [1.807, 2.05) is 103 Å². The van der Waals surface area contributed by atoms with E-state index in [0.29, 0.717) is 27.5 Å². The van der Waals surface area contributed by atoms with Crippen LogP contribution in [-0.2, 0) is 0 Å². The van der Waals surface area contributed by atoms with Gasteiger partial charge in [0.05, 0.1) is 45.4 Å². The highest BCUT2D eigenvalue weighted by atomic mass is 16.3. The number of nitrogens with zero attached hydrogens (tertiary/aromatic N) is 2. The van der Waals surface area contributed by atoms with Gasteiger partial charge in [0.1, 0.15) is 11.2 Å². The fourth-order valence-corrected chi connectivity index (χ4v) is 8.13. The molecule has 0 amide bonds. The molecule has 0 aliphatic rings. The molecule has 0 saturated carbocycles. The predicted octanol–water partition coefficient (Wildman–Crippen LogP) is 16.3. The number of para-hydroxylation sites is 2. The van der Waals surface area contributed by atoms with Crippen LogP contribution in [0.25, 0.3) is 93.6 Å². The number of fused-ring (bicyclic) bond motifs is 8. The summed E-state index contributed by atoms with van der Waals surface area (Å²) in [4.78, 5) is 1.19. The largest absolute Gasteiger partial charge is 0.455 e. The Morgan fingerprint density at radius 1 is 0.426 bits per heavy atom. The summed E-state index contributed by atoms with van der Waals surface area (Å²) in [6, 6.07) is 26.2. The van der Waals surface area contributed by atoms with Gasteiger partial charge in [-0.15, -0.1) is 0 Å². The lowest BCUT2D eigenvalue weighted by atomic mass is 9.99. The lowest BCUT2D eigenvalue weighted by Gasteiger charge is -2.27. The Balaban J connectivity index is 1.15. The van der Waals surface area contributed by atoms with Crippen LogP contribution < -0.4 is 4.90 Å².